The first-order chi connectivity index (χ1) is 8.11. The van der Waals surface area contributed by atoms with E-state index < -0.39 is 11.2 Å². The molecule has 1 aliphatic heterocycles. The summed E-state index contributed by atoms with van der Waals surface area (Å²) in [5, 5.41) is -0.455. The predicted molar refractivity (Wildman–Crippen MR) is 64.3 cm³/mol. The maximum atomic E-state index is 11.8. The molecule has 1 saturated heterocycles. The van der Waals surface area contributed by atoms with Crippen LogP contribution in [0.2, 0.25) is 0 Å². The van der Waals surface area contributed by atoms with Gasteiger partial charge in [-0.25, -0.2) is 0 Å². The van der Waals surface area contributed by atoms with Crippen LogP contribution in [0.5, 0.6) is 5.75 Å². The summed E-state index contributed by atoms with van der Waals surface area (Å²) < 4.78 is 5.09. The lowest BCUT2D eigenvalue weighted by molar-refractivity contribution is -0.120. The van der Waals surface area contributed by atoms with Gasteiger partial charge in [0.05, 0.1) is 13.0 Å². The highest BCUT2D eigenvalue weighted by Crippen LogP contribution is 2.28. The number of ether oxygens (including phenoxy) is 1. The average Bonchev–Trinajstić information content (AvgIpc) is 2.72. The Hall–Kier alpha value is -1.55. The summed E-state index contributed by atoms with van der Waals surface area (Å²) in [6.07, 6.45) is 0.180. The number of hydrogen-bond donors (Lipinski definition) is 0. The van der Waals surface area contributed by atoms with Crippen LogP contribution >= 0.6 is 11.6 Å². The van der Waals surface area contributed by atoms with E-state index in [0.717, 1.165) is 5.69 Å². The summed E-state index contributed by atoms with van der Waals surface area (Å²) in [6.45, 7) is 0.342. The van der Waals surface area contributed by atoms with E-state index in [1.54, 1.807) is 30.2 Å². The quantitative estimate of drug-likeness (QED) is 0.772. The predicted octanol–water partition coefficient (Wildman–Crippen LogP) is 1.81. The average molecular weight is 254 g/mol. The van der Waals surface area contributed by atoms with Crippen molar-refractivity contribution in [2.24, 2.45) is 5.92 Å². The molecule has 4 nitrogen and oxygen atoms in total. The van der Waals surface area contributed by atoms with E-state index in [2.05, 4.69) is 0 Å². The Labute approximate surface area is 104 Å². The van der Waals surface area contributed by atoms with Gasteiger partial charge in [-0.05, 0) is 23.7 Å². The molecule has 0 aliphatic carbocycles. The molecule has 1 aliphatic rings. The molecule has 1 heterocycles. The van der Waals surface area contributed by atoms with E-state index in [0.29, 0.717) is 12.3 Å². The van der Waals surface area contributed by atoms with E-state index in [4.69, 9.17) is 16.3 Å². The fourth-order valence-corrected chi connectivity index (χ4v) is 2.03. The lowest BCUT2D eigenvalue weighted by Gasteiger charge is -2.16. The summed E-state index contributed by atoms with van der Waals surface area (Å²) >= 11 is 5.42. The number of carbonyl (C=O) groups excluding carboxylic acids is 2. The highest BCUT2D eigenvalue weighted by molar-refractivity contribution is 6.64. The number of hydrogen-bond acceptors (Lipinski definition) is 3. The molecule has 5 heteroatoms. The lowest BCUT2D eigenvalue weighted by atomic mass is 10.1. The van der Waals surface area contributed by atoms with Crippen molar-refractivity contribution in [1.82, 2.24) is 0 Å². The van der Waals surface area contributed by atoms with Crippen molar-refractivity contribution in [3.8, 4) is 5.75 Å². The molecule has 90 valence electrons. The molecule has 1 aromatic rings. The minimum absolute atomic E-state index is 0.0859. The van der Waals surface area contributed by atoms with Crippen LogP contribution in [-0.2, 0) is 9.59 Å². The van der Waals surface area contributed by atoms with Gasteiger partial charge in [0.2, 0.25) is 11.1 Å². The lowest BCUT2D eigenvalue weighted by Crippen LogP contribution is -2.25. The first-order valence-electron chi connectivity index (χ1n) is 5.25. The molecule has 1 atom stereocenters. The second-order valence-corrected chi connectivity index (χ2v) is 4.28. The maximum absolute atomic E-state index is 11.8. The SMILES string of the molecule is COc1cccc(N2C[C@H](C(=O)Cl)CC2=O)c1. The number of benzene rings is 1. The van der Waals surface area contributed by atoms with E-state index in [9.17, 15) is 9.59 Å². The van der Waals surface area contributed by atoms with Crippen molar-refractivity contribution in [2.75, 3.05) is 18.6 Å². The van der Waals surface area contributed by atoms with Gasteiger partial charge >= 0.3 is 0 Å². The smallest absolute Gasteiger partial charge is 0.227 e. The van der Waals surface area contributed by atoms with E-state index in [1.807, 2.05) is 6.07 Å². The third-order valence-corrected chi connectivity index (χ3v) is 3.12. The second-order valence-electron chi connectivity index (χ2n) is 3.91. The van der Waals surface area contributed by atoms with Crippen LogP contribution in [0.1, 0.15) is 6.42 Å². The van der Waals surface area contributed by atoms with Gasteiger partial charge in [0.1, 0.15) is 5.75 Å². The molecule has 0 saturated carbocycles. The third-order valence-electron chi connectivity index (χ3n) is 2.81. The zero-order valence-electron chi connectivity index (χ0n) is 9.35. The highest BCUT2D eigenvalue weighted by Gasteiger charge is 2.34. The number of rotatable bonds is 3. The minimum Gasteiger partial charge on any atom is -0.497 e. The number of methoxy groups -OCH3 is 1. The van der Waals surface area contributed by atoms with Crippen molar-refractivity contribution in [2.45, 2.75) is 6.42 Å². The van der Waals surface area contributed by atoms with Crippen molar-refractivity contribution in [3.05, 3.63) is 24.3 Å². The molecular formula is C12H12ClNO3. The number of amides is 1. The summed E-state index contributed by atoms with van der Waals surface area (Å²) in [7, 11) is 1.57. The van der Waals surface area contributed by atoms with Crippen LogP contribution in [0.25, 0.3) is 0 Å². The summed E-state index contributed by atoms with van der Waals surface area (Å²) in [5.41, 5.74) is 0.731. The first kappa shape index (κ1) is 11.9. The second kappa shape index (κ2) is 4.75. The summed E-state index contributed by atoms with van der Waals surface area (Å²) in [4.78, 5) is 24.4. The molecule has 1 aromatic carbocycles. The van der Waals surface area contributed by atoms with Gasteiger partial charge in [-0.1, -0.05) is 6.07 Å². The highest BCUT2D eigenvalue weighted by atomic mass is 35.5. The van der Waals surface area contributed by atoms with Crippen LogP contribution in [0.4, 0.5) is 5.69 Å². The molecule has 0 aromatic heterocycles. The Kier molecular flexibility index (Phi) is 3.33. The summed E-state index contributed by atoms with van der Waals surface area (Å²) in [5.74, 6) is 0.184. The Bertz CT molecular complexity index is 461. The van der Waals surface area contributed by atoms with Gasteiger partial charge in [-0.15, -0.1) is 0 Å². The summed E-state index contributed by atoms with van der Waals surface area (Å²) in [6, 6.07) is 7.17. The zero-order chi connectivity index (χ0) is 12.4. The fraction of sp³-hybridized carbons (Fsp3) is 0.333. The molecule has 0 radical (unpaired) electrons. The molecule has 0 N–H and O–H groups in total. The van der Waals surface area contributed by atoms with Crippen LogP contribution < -0.4 is 9.64 Å². The van der Waals surface area contributed by atoms with Gasteiger partial charge in [-0.2, -0.15) is 0 Å². The Morgan fingerprint density at radius 1 is 1.53 bits per heavy atom. The maximum Gasteiger partial charge on any atom is 0.227 e. The number of halogens is 1. The van der Waals surface area contributed by atoms with E-state index >= 15 is 0 Å². The normalized spacial score (nSPS) is 19.5. The zero-order valence-corrected chi connectivity index (χ0v) is 10.1. The Balaban J connectivity index is 2.22. The van der Waals surface area contributed by atoms with Crippen molar-refractivity contribution < 1.29 is 14.3 Å². The minimum atomic E-state index is -0.455. The first-order valence-corrected chi connectivity index (χ1v) is 5.63. The van der Waals surface area contributed by atoms with Crippen LogP contribution in [0.3, 0.4) is 0 Å². The molecule has 0 spiro atoms. The molecule has 1 fully saturated rings. The van der Waals surface area contributed by atoms with Gasteiger partial charge in [0, 0.05) is 24.7 Å². The third kappa shape index (κ3) is 2.42. The van der Waals surface area contributed by atoms with E-state index in [-0.39, 0.29) is 12.3 Å². The monoisotopic (exact) mass is 253 g/mol. The largest absolute Gasteiger partial charge is 0.497 e. The number of nitrogens with zero attached hydrogens (tertiary/aromatic N) is 1. The van der Waals surface area contributed by atoms with Crippen LogP contribution in [-0.4, -0.2) is 24.8 Å². The molecule has 1 amide bonds. The Morgan fingerprint density at radius 2 is 2.29 bits per heavy atom. The standard InChI is InChI=1S/C12H12ClNO3/c1-17-10-4-2-3-9(6-10)14-7-8(12(13)16)5-11(14)15/h2-4,6,8H,5,7H2,1H3/t8-/m1/s1. The Morgan fingerprint density at radius 3 is 2.88 bits per heavy atom. The van der Waals surface area contributed by atoms with Crippen molar-refractivity contribution in [3.63, 3.8) is 0 Å². The van der Waals surface area contributed by atoms with Crippen molar-refractivity contribution in [1.29, 1.82) is 0 Å². The van der Waals surface area contributed by atoms with Gasteiger partial charge < -0.3 is 9.64 Å². The van der Waals surface area contributed by atoms with Gasteiger partial charge in [0.25, 0.3) is 0 Å². The van der Waals surface area contributed by atoms with Crippen molar-refractivity contribution >= 4 is 28.4 Å². The fourth-order valence-electron chi connectivity index (χ4n) is 1.89. The van der Waals surface area contributed by atoms with Crippen LogP contribution in [0.15, 0.2) is 24.3 Å². The molecular weight excluding hydrogens is 242 g/mol. The van der Waals surface area contributed by atoms with Crippen LogP contribution in [0, 0.1) is 5.92 Å². The number of anilines is 1. The van der Waals surface area contributed by atoms with Gasteiger partial charge in [0.15, 0.2) is 0 Å². The molecule has 2 rings (SSSR count). The molecule has 0 bridgehead atoms. The molecule has 17 heavy (non-hydrogen) atoms. The molecule has 0 unspecified atom stereocenters. The van der Waals surface area contributed by atoms with Gasteiger partial charge in [-0.3, -0.25) is 9.59 Å². The number of carbonyl (C=O) groups is 2. The van der Waals surface area contributed by atoms with E-state index in [1.165, 1.54) is 0 Å². The topological polar surface area (TPSA) is 46.6 Å².